The normalized spacial score (nSPS) is 21.9. The molecule has 18 heavy (non-hydrogen) atoms. The summed E-state index contributed by atoms with van der Waals surface area (Å²) in [5.74, 6) is 0. The van der Waals surface area contributed by atoms with Crippen molar-refractivity contribution in [2.45, 2.75) is 12.5 Å². The van der Waals surface area contributed by atoms with Gasteiger partial charge in [0.05, 0.1) is 5.69 Å². The van der Waals surface area contributed by atoms with E-state index >= 15 is 0 Å². The van der Waals surface area contributed by atoms with Crippen LogP contribution in [0, 0.1) is 0 Å². The molecular weight excluding hydrogens is 290 g/mol. The molecule has 3 nitrogen and oxygen atoms in total. The van der Waals surface area contributed by atoms with Gasteiger partial charge < -0.3 is 15.1 Å². The lowest BCUT2D eigenvalue weighted by atomic mass is 10.2. The third kappa shape index (κ3) is 3.25. The molecule has 100 valence electrons. The summed E-state index contributed by atoms with van der Waals surface area (Å²) in [6.07, 6.45) is 1.22. The first-order chi connectivity index (χ1) is 8.72. The zero-order chi connectivity index (χ0) is 13.0. The van der Waals surface area contributed by atoms with Crippen molar-refractivity contribution in [3.63, 3.8) is 0 Å². The van der Waals surface area contributed by atoms with Crippen LogP contribution in [0.15, 0.2) is 28.7 Å². The second kappa shape index (κ2) is 6.55. The highest BCUT2D eigenvalue weighted by molar-refractivity contribution is 9.10. The van der Waals surface area contributed by atoms with Gasteiger partial charge in [0.25, 0.3) is 0 Å². The van der Waals surface area contributed by atoms with E-state index in [0.717, 1.165) is 19.6 Å². The summed E-state index contributed by atoms with van der Waals surface area (Å²) in [6, 6.07) is 9.08. The first-order valence-corrected chi connectivity index (χ1v) is 7.36. The minimum absolute atomic E-state index is 0.574. The number of rotatable bonds is 3. The molecule has 0 aliphatic carbocycles. The highest BCUT2D eigenvalue weighted by Gasteiger charge is 2.22. The smallest absolute Gasteiger partial charge is 0.0511 e. The predicted octanol–water partition coefficient (Wildman–Crippen LogP) is 2.18. The van der Waals surface area contributed by atoms with Crippen LogP contribution in [0.2, 0.25) is 0 Å². The molecular formula is C14H22BrN3. The van der Waals surface area contributed by atoms with Crippen LogP contribution in [0.25, 0.3) is 0 Å². The van der Waals surface area contributed by atoms with E-state index in [1.54, 1.807) is 0 Å². The van der Waals surface area contributed by atoms with Gasteiger partial charge in [-0.2, -0.15) is 0 Å². The van der Waals surface area contributed by atoms with E-state index in [0.29, 0.717) is 6.04 Å². The van der Waals surface area contributed by atoms with Crippen molar-refractivity contribution in [2.24, 2.45) is 0 Å². The molecule has 0 spiro atoms. The maximum absolute atomic E-state index is 3.66. The molecule has 1 aromatic rings. The van der Waals surface area contributed by atoms with Crippen LogP contribution in [0.3, 0.4) is 0 Å². The Bertz CT molecular complexity index is 383. The number of hydrogen-bond donors (Lipinski definition) is 1. The Morgan fingerprint density at radius 3 is 2.83 bits per heavy atom. The van der Waals surface area contributed by atoms with Gasteiger partial charge in [-0.3, -0.25) is 0 Å². The largest absolute Gasteiger partial charge is 0.369 e. The monoisotopic (exact) mass is 311 g/mol. The van der Waals surface area contributed by atoms with Gasteiger partial charge in [-0.05, 0) is 55.1 Å². The van der Waals surface area contributed by atoms with Gasteiger partial charge in [0.15, 0.2) is 0 Å². The van der Waals surface area contributed by atoms with E-state index in [1.807, 2.05) is 7.05 Å². The zero-order valence-corrected chi connectivity index (χ0v) is 12.8. The van der Waals surface area contributed by atoms with E-state index < -0.39 is 0 Å². The molecule has 0 bridgehead atoms. The van der Waals surface area contributed by atoms with Crippen LogP contribution in [0.5, 0.6) is 0 Å². The second-order valence-corrected chi connectivity index (χ2v) is 5.80. The van der Waals surface area contributed by atoms with Gasteiger partial charge in [-0.1, -0.05) is 12.1 Å². The Morgan fingerprint density at radius 1 is 1.33 bits per heavy atom. The summed E-state index contributed by atoms with van der Waals surface area (Å²) >= 11 is 3.66. The van der Waals surface area contributed by atoms with E-state index in [4.69, 9.17) is 0 Å². The average molecular weight is 312 g/mol. The van der Waals surface area contributed by atoms with Crippen molar-refractivity contribution >= 4 is 21.6 Å². The number of hydrogen-bond acceptors (Lipinski definition) is 3. The standard InChI is InChI=1S/C14H22BrN3/c1-16-10-12-11-18(9-5-8-17(12)2)14-7-4-3-6-13(14)15/h3-4,6-7,12,16H,5,8-11H2,1-2H3. The van der Waals surface area contributed by atoms with Crippen LogP contribution >= 0.6 is 15.9 Å². The maximum atomic E-state index is 3.66. The van der Waals surface area contributed by atoms with Crippen molar-refractivity contribution in [3.05, 3.63) is 28.7 Å². The third-order valence-electron chi connectivity index (χ3n) is 3.63. The maximum Gasteiger partial charge on any atom is 0.0511 e. The number of para-hydroxylation sites is 1. The number of likely N-dealkylation sites (N-methyl/N-ethyl adjacent to an activating group) is 2. The van der Waals surface area contributed by atoms with E-state index in [-0.39, 0.29) is 0 Å². The lowest BCUT2D eigenvalue weighted by molar-refractivity contribution is 0.257. The quantitative estimate of drug-likeness (QED) is 0.923. The Hall–Kier alpha value is -0.580. The fourth-order valence-corrected chi connectivity index (χ4v) is 3.10. The zero-order valence-electron chi connectivity index (χ0n) is 11.2. The van der Waals surface area contributed by atoms with Crippen LogP contribution in [0.1, 0.15) is 6.42 Å². The first kappa shape index (κ1) is 13.8. The molecule has 1 aromatic carbocycles. The number of nitrogens with one attached hydrogen (secondary N) is 1. The van der Waals surface area contributed by atoms with Crippen LogP contribution in [0.4, 0.5) is 5.69 Å². The van der Waals surface area contributed by atoms with E-state index in [9.17, 15) is 0 Å². The second-order valence-electron chi connectivity index (χ2n) is 4.94. The third-order valence-corrected chi connectivity index (χ3v) is 4.30. The molecule has 1 unspecified atom stereocenters. The molecule has 0 aromatic heterocycles. The van der Waals surface area contributed by atoms with Gasteiger partial charge >= 0.3 is 0 Å². The van der Waals surface area contributed by atoms with Gasteiger partial charge in [-0.15, -0.1) is 0 Å². The number of anilines is 1. The SMILES string of the molecule is CNCC1CN(c2ccccc2Br)CCCN1C. The van der Waals surface area contributed by atoms with Crippen LogP contribution < -0.4 is 10.2 Å². The molecule has 2 rings (SSSR count). The molecule has 4 heteroatoms. The Morgan fingerprint density at radius 2 is 2.11 bits per heavy atom. The molecule has 1 heterocycles. The Kier molecular flexibility index (Phi) is 5.03. The fourth-order valence-electron chi connectivity index (χ4n) is 2.56. The highest BCUT2D eigenvalue weighted by atomic mass is 79.9. The predicted molar refractivity (Wildman–Crippen MR) is 81.3 cm³/mol. The minimum Gasteiger partial charge on any atom is -0.369 e. The number of halogens is 1. The van der Waals surface area contributed by atoms with Gasteiger partial charge in [0.2, 0.25) is 0 Å². The molecule has 1 N–H and O–H groups in total. The molecule has 1 saturated heterocycles. The summed E-state index contributed by atoms with van der Waals surface area (Å²) < 4.78 is 1.19. The average Bonchev–Trinajstić information content (AvgIpc) is 2.54. The van der Waals surface area contributed by atoms with Crippen molar-refractivity contribution in [3.8, 4) is 0 Å². The van der Waals surface area contributed by atoms with Gasteiger partial charge in [-0.25, -0.2) is 0 Å². The first-order valence-electron chi connectivity index (χ1n) is 6.56. The fraction of sp³-hybridized carbons (Fsp3) is 0.571. The summed E-state index contributed by atoms with van der Waals surface area (Å²) in [5, 5.41) is 3.30. The topological polar surface area (TPSA) is 18.5 Å². The number of nitrogens with zero attached hydrogens (tertiary/aromatic N) is 2. The Balaban J connectivity index is 2.15. The van der Waals surface area contributed by atoms with Crippen LogP contribution in [-0.2, 0) is 0 Å². The van der Waals surface area contributed by atoms with Crippen molar-refractivity contribution < 1.29 is 0 Å². The highest BCUT2D eigenvalue weighted by Crippen LogP contribution is 2.27. The van der Waals surface area contributed by atoms with E-state index in [1.165, 1.54) is 23.1 Å². The van der Waals surface area contributed by atoms with Crippen LogP contribution in [-0.4, -0.2) is 51.2 Å². The lowest BCUT2D eigenvalue weighted by Gasteiger charge is -2.30. The molecule has 1 fully saturated rings. The Labute approximate surface area is 118 Å². The van der Waals surface area contributed by atoms with Gasteiger partial charge in [0, 0.05) is 30.1 Å². The molecule has 1 atom stereocenters. The van der Waals surface area contributed by atoms with E-state index in [2.05, 4.69) is 62.4 Å². The summed E-state index contributed by atoms with van der Waals surface area (Å²) in [6.45, 7) is 4.43. The summed E-state index contributed by atoms with van der Waals surface area (Å²) in [5.41, 5.74) is 1.31. The van der Waals surface area contributed by atoms with Crippen molar-refractivity contribution in [2.75, 3.05) is 45.2 Å². The lowest BCUT2D eigenvalue weighted by Crippen LogP contribution is -2.44. The molecule has 1 aliphatic rings. The summed E-state index contributed by atoms with van der Waals surface area (Å²) in [7, 11) is 4.26. The van der Waals surface area contributed by atoms with Gasteiger partial charge in [0.1, 0.15) is 0 Å². The number of benzene rings is 1. The molecule has 0 amide bonds. The molecule has 1 aliphatic heterocycles. The summed E-state index contributed by atoms with van der Waals surface area (Å²) in [4.78, 5) is 4.96. The molecule has 0 saturated carbocycles. The minimum atomic E-state index is 0.574. The van der Waals surface area contributed by atoms with Crippen molar-refractivity contribution in [1.82, 2.24) is 10.2 Å². The van der Waals surface area contributed by atoms with Crippen molar-refractivity contribution in [1.29, 1.82) is 0 Å². The molecule has 0 radical (unpaired) electrons.